The van der Waals surface area contributed by atoms with Crippen molar-refractivity contribution in [2.75, 3.05) is 13.1 Å². The van der Waals surface area contributed by atoms with Gasteiger partial charge in [0.25, 0.3) is 0 Å². The number of ether oxygens (including phenoxy) is 1. The third-order valence-corrected chi connectivity index (χ3v) is 3.34. The zero-order valence-corrected chi connectivity index (χ0v) is 10.2. The standard InChI is InChI=1S/C12H13NO2.ClH.H2O/c14-11-9-3-1-2-4-10(9)12(15-11)5-7-13-8-6-12;;/h1-4,13H,5-8H2;1H;1H2. The average molecular weight is 258 g/mol. The molecule has 3 rings (SSSR count). The Morgan fingerprint density at radius 3 is 2.53 bits per heavy atom. The van der Waals surface area contributed by atoms with Crippen molar-refractivity contribution in [1.29, 1.82) is 0 Å². The number of piperidine rings is 1. The number of hydrogen-bond donors (Lipinski definition) is 1. The Hall–Kier alpha value is -1.10. The van der Waals surface area contributed by atoms with E-state index in [-0.39, 0.29) is 29.5 Å². The smallest absolute Gasteiger partial charge is 0.339 e. The number of fused-ring (bicyclic) bond motifs is 2. The summed E-state index contributed by atoms with van der Waals surface area (Å²) in [6.07, 6.45) is 1.77. The number of carbonyl (C=O) groups is 1. The van der Waals surface area contributed by atoms with E-state index in [0.29, 0.717) is 0 Å². The molecule has 0 unspecified atom stereocenters. The van der Waals surface area contributed by atoms with Crippen LogP contribution in [0.1, 0.15) is 28.8 Å². The lowest BCUT2D eigenvalue weighted by Crippen LogP contribution is -2.39. The summed E-state index contributed by atoms with van der Waals surface area (Å²) in [5.41, 5.74) is 1.50. The predicted molar refractivity (Wildman–Crippen MR) is 66.5 cm³/mol. The minimum atomic E-state index is -0.334. The first-order chi connectivity index (χ1) is 7.32. The van der Waals surface area contributed by atoms with Gasteiger partial charge in [-0.2, -0.15) is 0 Å². The number of esters is 1. The molecule has 0 aliphatic carbocycles. The molecule has 17 heavy (non-hydrogen) atoms. The van der Waals surface area contributed by atoms with E-state index in [1.807, 2.05) is 24.3 Å². The summed E-state index contributed by atoms with van der Waals surface area (Å²) in [4.78, 5) is 11.7. The van der Waals surface area contributed by atoms with E-state index in [9.17, 15) is 4.79 Å². The second-order valence-electron chi connectivity index (χ2n) is 4.18. The van der Waals surface area contributed by atoms with Crippen LogP contribution in [0.15, 0.2) is 24.3 Å². The molecule has 0 atom stereocenters. The van der Waals surface area contributed by atoms with E-state index >= 15 is 0 Å². The molecular formula is C12H16ClNO3. The molecule has 1 aromatic rings. The SMILES string of the molecule is Cl.O.O=C1OC2(CCNCC2)c2ccccc21. The first kappa shape index (κ1) is 14.0. The molecule has 1 saturated heterocycles. The van der Waals surface area contributed by atoms with Crippen LogP contribution in [0, 0.1) is 0 Å². The van der Waals surface area contributed by atoms with Gasteiger partial charge in [-0.1, -0.05) is 18.2 Å². The molecule has 3 N–H and O–H groups in total. The number of carbonyl (C=O) groups excluding carboxylic acids is 1. The van der Waals surface area contributed by atoms with Crippen molar-refractivity contribution in [3.8, 4) is 0 Å². The summed E-state index contributed by atoms with van der Waals surface area (Å²) < 4.78 is 5.58. The third kappa shape index (κ3) is 2.04. The topological polar surface area (TPSA) is 69.8 Å². The molecular weight excluding hydrogens is 242 g/mol. The maximum absolute atomic E-state index is 11.7. The van der Waals surface area contributed by atoms with Crippen LogP contribution in [0.5, 0.6) is 0 Å². The van der Waals surface area contributed by atoms with Crippen molar-refractivity contribution in [2.24, 2.45) is 0 Å². The number of hydrogen-bond acceptors (Lipinski definition) is 3. The van der Waals surface area contributed by atoms with Crippen LogP contribution in [0.4, 0.5) is 0 Å². The zero-order chi connectivity index (χ0) is 10.3. The molecule has 4 nitrogen and oxygen atoms in total. The lowest BCUT2D eigenvalue weighted by atomic mass is 9.84. The summed E-state index contributed by atoms with van der Waals surface area (Å²) in [6.45, 7) is 1.84. The van der Waals surface area contributed by atoms with Crippen molar-refractivity contribution in [2.45, 2.75) is 18.4 Å². The van der Waals surface area contributed by atoms with E-state index in [1.54, 1.807) is 0 Å². The lowest BCUT2D eigenvalue weighted by molar-refractivity contribution is -0.0241. The number of rotatable bonds is 0. The number of halogens is 1. The van der Waals surface area contributed by atoms with Crippen LogP contribution in [-0.4, -0.2) is 24.5 Å². The highest BCUT2D eigenvalue weighted by atomic mass is 35.5. The van der Waals surface area contributed by atoms with E-state index in [2.05, 4.69) is 5.32 Å². The Bertz CT molecular complexity index is 416. The monoisotopic (exact) mass is 257 g/mol. The van der Waals surface area contributed by atoms with Gasteiger partial charge >= 0.3 is 5.97 Å². The molecule has 0 saturated carbocycles. The quantitative estimate of drug-likeness (QED) is 0.706. The fourth-order valence-corrected chi connectivity index (χ4v) is 2.55. The van der Waals surface area contributed by atoms with Gasteiger partial charge in [-0.25, -0.2) is 4.79 Å². The van der Waals surface area contributed by atoms with Crippen LogP contribution in [-0.2, 0) is 10.3 Å². The van der Waals surface area contributed by atoms with Gasteiger partial charge in [-0.3, -0.25) is 0 Å². The van der Waals surface area contributed by atoms with Gasteiger partial charge < -0.3 is 15.5 Å². The Balaban J connectivity index is 0.000000722. The van der Waals surface area contributed by atoms with Crippen LogP contribution < -0.4 is 5.32 Å². The van der Waals surface area contributed by atoms with E-state index < -0.39 is 0 Å². The van der Waals surface area contributed by atoms with Gasteiger partial charge in [0.05, 0.1) is 5.56 Å². The van der Waals surface area contributed by atoms with Crippen LogP contribution in [0.2, 0.25) is 0 Å². The van der Waals surface area contributed by atoms with Gasteiger partial charge in [-0.05, 0) is 19.2 Å². The van der Waals surface area contributed by atoms with E-state index in [0.717, 1.165) is 37.1 Å². The van der Waals surface area contributed by atoms with Crippen molar-refractivity contribution in [3.05, 3.63) is 35.4 Å². The predicted octanol–water partition coefficient (Wildman–Crippen LogP) is 1.03. The second kappa shape index (κ2) is 5.04. The highest BCUT2D eigenvalue weighted by Gasteiger charge is 2.45. The average Bonchev–Trinajstić information content (AvgIpc) is 2.55. The van der Waals surface area contributed by atoms with Crippen LogP contribution in [0.25, 0.3) is 0 Å². The molecule has 0 bridgehead atoms. The van der Waals surface area contributed by atoms with Gasteiger partial charge in [-0.15, -0.1) is 12.4 Å². The van der Waals surface area contributed by atoms with E-state index in [4.69, 9.17) is 4.74 Å². The van der Waals surface area contributed by atoms with E-state index in [1.165, 1.54) is 0 Å². The fraction of sp³-hybridized carbons (Fsp3) is 0.417. The molecule has 0 aromatic heterocycles. The van der Waals surface area contributed by atoms with Crippen molar-refractivity contribution < 1.29 is 15.0 Å². The summed E-state index contributed by atoms with van der Waals surface area (Å²) in [5, 5.41) is 3.29. The van der Waals surface area contributed by atoms with Gasteiger partial charge in [0.1, 0.15) is 5.60 Å². The Kier molecular flexibility index (Phi) is 4.14. The highest BCUT2D eigenvalue weighted by Crippen LogP contribution is 2.42. The van der Waals surface area contributed by atoms with Crippen LogP contribution >= 0.6 is 12.4 Å². The maximum Gasteiger partial charge on any atom is 0.339 e. The van der Waals surface area contributed by atoms with Gasteiger partial charge in [0.15, 0.2) is 0 Å². The van der Waals surface area contributed by atoms with Gasteiger partial charge in [0, 0.05) is 18.4 Å². The second-order valence-corrected chi connectivity index (χ2v) is 4.18. The maximum atomic E-state index is 11.7. The van der Waals surface area contributed by atoms with Crippen molar-refractivity contribution in [3.63, 3.8) is 0 Å². The molecule has 2 heterocycles. The minimum absolute atomic E-state index is 0. The minimum Gasteiger partial charge on any atom is -0.450 e. The van der Waals surface area contributed by atoms with Crippen molar-refractivity contribution >= 4 is 18.4 Å². The Labute approximate surface area is 106 Å². The lowest BCUT2D eigenvalue weighted by Gasteiger charge is -2.33. The first-order valence-electron chi connectivity index (χ1n) is 5.35. The molecule has 94 valence electrons. The number of benzene rings is 1. The molecule has 5 heteroatoms. The molecule has 1 aromatic carbocycles. The molecule has 2 aliphatic rings. The molecule has 0 radical (unpaired) electrons. The molecule has 1 fully saturated rings. The van der Waals surface area contributed by atoms with Crippen LogP contribution in [0.3, 0.4) is 0 Å². The highest BCUT2D eigenvalue weighted by molar-refractivity contribution is 5.94. The summed E-state index contributed by atoms with van der Waals surface area (Å²) in [7, 11) is 0. The summed E-state index contributed by atoms with van der Waals surface area (Å²) in [6, 6.07) is 7.74. The molecule has 0 amide bonds. The summed E-state index contributed by atoms with van der Waals surface area (Å²) in [5.74, 6) is -0.160. The summed E-state index contributed by atoms with van der Waals surface area (Å²) >= 11 is 0. The van der Waals surface area contributed by atoms with Gasteiger partial charge in [0.2, 0.25) is 0 Å². The number of nitrogens with one attached hydrogen (secondary N) is 1. The normalized spacial score (nSPS) is 19.9. The zero-order valence-electron chi connectivity index (χ0n) is 9.36. The largest absolute Gasteiger partial charge is 0.450 e. The molecule has 2 aliphatic heterocycles. The Morgan fingerprint density at radius 1 is 1.18 bits per heavy atom. The Morgan fingerprint density at radius 2 is 1.82 bits per heavy atom. The first-order valence-corrected chi connectivity index (χ1v) is 5.35. The third-order valence-electron chi connectivity index (χ3n) is 3.34. The van der Waals surface area contributed by atoms with Crippen molar-refractivity contribution in [1.82, 2.24) is 5.32 Å². The molecule has 1 spiro atoms. The fourth-order valence-electron chi connectivity index (χ4n) is 2.55.